The van der Waals surface area contributed by atoms with Crippen molar-refractivity contribution in [3.05, 3.63) is 0 Å². The average molecular weight is 239 g/mol. The molecule has 0 aromatic heterocycles. The van der Waals surface area contributed by atoms with Crippen molar-refractivity contribution in [2.45, 2.75) is 0 Å². The summed E-state index contributed by atoms with van der Waals surface area (Å²) < 4.78 is 14.8. The molecule has 0 rings (SSSR count). The van der Waals surface area contributed by atoms with E-state index in [4.69, 9.17) is 34.5 Å². The van der Waals surface area contributed by atoms with Crippen molar-refractivity contribution in [2.75, 3.05) is 0 Å². The fourth-order valence-electron chi connectivity index (χ4n) is 0.217. The fourth-order valence-corrected chi connectivity index (χ4v) is 5.24. The summed E-state index contributed by atoms with van der Waals surface area (Å²) in [6.07, 6.45) is 0. The summed E-state index contributed by atoms with van der Waals surface area (Å²) in [5.41, 5.74) is 0. The first-order chi connectivity index (χ1) is 4.27. The standard InChI is InChI=1S/Cl2H8O3Si4/c1-9(2)5-8-4-7-3-6/h9H,7-8H2,6H3. The quantitative estimate of drug-likeness (QED) is 0.302. The minimum Gasteiger partial charge on any atom is -0.449 e. The van der Waals surface area contributed by atoms with Gasteiger partial charge in [0.1, 0.15) is 10.5 Å². The fraction of sp³-hybridized carbons (Fsp3) is 0. The second-order valence-electron chi connectivity index (χ2n) is 1.16. The molecule has 0 bridgehead atoms. The molecule has 0 saturated heterocycles. The molecule has 56 valence electrons. The van der Waals surface area contributed by atoms with Gasteiger partial charge in [-0.05, 0) is 0 Å². The molecule has 3 nitrogen and oxygen atoms in total. The lowest BCUT2D eigenvalue weighted by atomic mass is 15.7. The molecule has 0 radical (unpaired) electrons. The predicted molar refractivity (Wildman–Crippen MR) is 49.1 cm³/mol. The molecular weight excluding hydrogens is 231 g/mol. The van der Waals surface area contributed by atoms with Gasteiger partial charge in [0.05, 0.1) is 0 Å². The third kappa shape index (κ3) is 9.33. The summed E-state index contributed by atoms with van der Waals surface area (Å²) in [6, 6.07) is 0. The van der Waals surface area contributed by atoms with Gasteiger partial charge in [-0.1, -0.05) is 0 Å². The van der Waals surface area contributed by atoms with Gasteiger partial charge in [-0.3, -0.25) is 0 Å². The highest BCUT2D eigenvalue weighted by Gasteiger charge is 1.99. The van der Waals surface area contributed by atoms with Crippen molar-refractivity contribution >= 4 is 60.3 Å². The average Bonchev–Trinajstić information content (AvgIpc) is 1.80. The Labute approximate surface area is 72.8 Å². The van der Waals surface area contributed by atoms with Crippen LogP contribution in [0.15, 0.2) is 0 Å². The van der Waals surface area contributed by atoms with Crippen molar-refractivity contribution in [2.24, 2.45) is 0 Å². The zero-order chi connectivity index (χ0) is 7.11. The molecule has 0 aliphatic carbocycles. The van der Waals surface area contributed by atoms with Gasteiger partial charge in [0.15, 0.2) is 0 Å². The first kappa shape index (κ1) is 10.3. The third-order valence-corrected chi connectivity index (χ3v) is 6.57. The molecule has 0 heterocycles. The molecule has 0 saturated carbocycles. The Kier molecular flexibility index (Phi) is 8.53. The van der Waals surface area contributed by atoms with E-state index < -0.39 is 27.7 Å². The summed E-state index contributed by atoms with van der Waals surface area (Å²) in [7, 11) is -2.71. The van der Waals surface area contributed by atoms with Crippen LogP contribution in [0.4, 0.5) is 0 Å². The van der Waals surface area contributed by atoms with E-state index in [0.29, 0.717) is 0 Å². The highest BCUT2D eigenvalue weighted by Crippen LogP contribution is 1.94. The van der Waals surface area contributed by atoms with E-state index in [1.54, 1.807) is 0 Å². The van der Waals surface area contributed by atoms with E-state index in [1.807, 2.05) is 0 Å². The molecule has 0 N–H and O–H groups in total. The summed E-state index contributed by atoms with van der Waals surface area (Å²) >= 11 is 10.8. The molecule has 0 atom stereocenters. The van der Waals surface area contributed by atoms with Crippen LogP contribution in [0.5, 0.6) is 0 Å². The van der Waals surface area contributed by atoms with Crippen LogP contribution >= 0.6 is 22.2 Å². The summed E-state index contributed by atoms with van der Waals surface area (Å²) in [6.45, 7) is 0. The Hall–Kier alpha value is 1.33. The van der Waals surface area contributed by atoms with Crippen molar-refractivity contribution in [3.8, 4) is 0 Å². The third-order valence-electron chi connectivity index (χ3n) is 0.479. The zero-order valence-corrected chi connectivity index (χ0v) is 12.5. The first-order valence-electron chi connectivity index (χ1n) is 2.24. The van der Waals surface area contributed by atoms with Gasteiger partial charge < -0.3 is 12.3 Å². The van der Waals surface area contributed by atoms with Crippen molar-refractivity contribution < 1.29 is 12.3 Å². The van der Waals surface area contributed by atoms with E-state index >= 15 is 0 Å². The second kappa shape index (κ2) is 7.43. The normalized spacial score (nSPS) is 13.7. The molecule has 0 aliphatic rings. The molecule has 0 unspecified atom stereocenters. The van der Waals surface area contributed by atoms with Crippen molar-refractivity contribution in [3.63, 3.8) is 0 Å². The second-order valence-corrected chi connectivity index (χ2v) is 10.5. The molecule has 0 fully saturated rings. The van der Waals surface area contributed by atoms with Crippen LogP contribution in [0.3, 0.4) is 0 Å². The topological polar surface area (TPSA) is 27.7 Å². The smallest absolute Gasteiger partial charge is 0.364 e. The molecule has 0 aromatic carbocycles. The van der Waals surface area contributed by atoms with Gasteiger partial charge in [-0.15, -0.1) is 22.2 Å². The SMILES string of the molecule is [SiH3]O[SiH2]O[SiH2]O[SiH](Cl)Cl. The van der Waals surface area contributed by atoms with E-state index in [0.717, 1.165) is 10.5 Å². The molecule has 0 amide bonds. The predicted octanol–water partition coefficient (Wildman–Crippen LogP) is -2.49. The molecule has 0 aliphatic heterocycles. The molecule has 9 heteroatoms. The lowest BCUT2D eigenvalue weighted by Gasteiger charge is -2.02. The minimum atomic E-state index is -1.85. The molecule has 9 heavy (non-hydrogen) atoms. The maximum atomic E-state index is 5.38. The Bertz CT molecular complexity index is 59.8. The lowest BCUT2D eigenvalue weighted by Crippen LogP contribution is -2.14. The van der Waals surface area contributed by atoms with E-state index in [9.17, 15) is 0 Å². The van der Waals surface area contributed by atoms with Gasteiger partial charge >= 0.3 is 7.66 Å². The Morgan fingerprint density at radius 1 is 1.33 bits per heavy atom. The van der Waals surface area contributed by atoms with Crippen LogP contribution in [-0.4, -0.2) is 38.2 Å². The largest absolute Gasteiger partial charge is 0.449 e. The van der Waals surface area contributed by atoms with Gasteiger partial charge in [-0.25, -0.2) is 0 Å². The summed E-state index contributed by atoms with van der Waals surface area (Å²) in [4.78, 5) is 0. The van der Waals surface area contributed by atoms with Crippen LogP contribution < -0.4 is 0 Å². The molecule has 0 aromatic rings. The zero-order valence-electron chi connectivity index (χ0n) is 4.97. The maximum Gasteiger partial charge on any atom is 0.364 e. The van der Waals surface area contributed by atoms with Crippen molar-refractivity contribution in [1.82, 2.24) is 0 Å². The lowest BCUT2D eigenvalue weighted by molar-refractivity contribution is 0.440. The number of halogens is 2. The number of hydrogen-bond acceptors (Lipinski definition) is 3. The van der Waals surface area contributed by atoms with E-state index in [-0.39, 0.29) is 0 Å². The maximum absolute atomic E-state index is 5.38. The Morgan fingerprint density at radius 2 is 2.00 bits per heavy atom. The summed E-state index contributed by atoms with van der Waals surface area (Å²) in [5.74, 6) is 0. The van der Waals surface area contributed by atoms with E-state index in [1.165, 1.54) is 0 Å². The van der Waals surface area contributed by atoms with E-state index in [2.05, 4.69) is 0 Å². The van der Waals surface area contributed by atoms with Crippen LogP contribution in [-0.2, 0) is 12.3 Å². The van der Waals surface area contributed by atoms with Crippen LogP contribution in [0.1, 0.15) is 0 Å². The highest BCUT2D eigenvalue weighted by molar-refractivity contribution is 7.31. The monoisotopic (exact) mass is 238 g/mol. The molecule has 0 spiro atoms. The van der Waals surface area contributed by atoms with Crippen LogP contribution in [0, 0.1) is 0 Å². The Balaban J connectivity index is 2.75. The van der Waals surface area contributed by atoms with Gasteiger partial charge in [0, 0.05) is 0 Å². The minimum absolute atomic E-state index is 0.718. The van der Waals surface area contributed by atoms with Gasteiger partial charge in [0.25, 0.3) is 20.0 Å². The first-order valence-corrected chi connectivity index (χ1v) is 9.32. The Morgan fingerprint density at radius 3 is 2.44 bits per heavy atom. The van der Waals surface area contributed by atoms with Crippen LogP contribution in [0.25, 0.3) is 0 Å². The summed E-state index contributed by atoms with van der Waals surface area (Å²) in [5, 5.41) is 0. The highest BCUT2D eigenvalue weighted by atomic mass is 35.7. The number of hydrogen-bond donors (Lipinski definition) is 0. The van der Waals surface area contributed by atoms with Crippen LogP contribution in [0.2, 0.25) is 0 Å². The van der Waals surface area contributed by atoms with Gasteiger partial charge in [0.2, 0.25) is 0 Å². The number of rotatable bonds is 5. The van der Waals surface area contributed by atoms with Crippen molar-refractivity contribution in [1.29, 1.82) is 0 Å². The molecular formula is H8Cl2O3Si4. The van der Waals surface area contributed by atoms with Gasteiger partial charge in [-0.2, -0.15) is 0 Å².